The highest BCUT2D eigenvalue weighted by Crippen LogP contribution is 2.34. The van der Waals surface area contributed by atoms with Crippen LogP contribution in [0, 0.1) is 0 Å². The number of rotatable bonds is 5. The summed E-state index contributed by atoms with van der Waals surface area (Å²) in [5.74, 6) is 0.155. The molecular weight excluding hydrogens is 417 g/mol. The molecule has 4 aromatic rings. The van der Waals surface area contributed by atoms with Crippen LogP contribution in [0.5, 0.6) is 11.6 Å². The fraction of sp³-hybridized carbons (Fsp3) is 0.100. The first-order valence-corrected chi connectivity index (χ1v) is 9.45. The van der Waals surface area contributed by atoms with Crippen LogP contribution < -0.4 is 10.5 Å². The summed E-state index contributed by atoms with van der Waals surface area (Å²) in [4.78, 5) is 23.7. The summed E-state index contributed by atoms with van der Waals surface area (Å²) in [5.41, 5.74) is 5.96. The fourth-order valence-corrected chi connectivity index (χ4v) is 3.77. The van der Waals surface area contributed by atoms with Crippen molar-refractivity contribution in [2.75, 3.05) is 0 Å². The third-order valence-electron chi connectivity index (χ3n) is 4.12. The average molecular weight is 430 g/mol. The number of halogens is 3. The zero-order valence-electron chi connectivity index (χ0n) is 15.2. The largest absolute Gasteiger partial charge is 0.437 e. The molecule has 0 aliphatic carbocycles. The number of carbonyl (C=O) groups is 1. The second-order valence-corrected chi connectivity index (χ2v) is 7.39. The van der Waals surface area contributed by atoms with E-state index in [9.17, 15) is 18.0 Å². The van der Waals surface area contributed by atoms with E-state index in [4.69, 9.17) is 10.5 Å². The third kappa shape index (κ3) is 4.23. The number of thiazole rings is 1. The first kappa shape index (κ1) is 19.8. The van der Waals surface area contributed by atoms with Crippen molar-refractivity contribution in [2.45, 2.75) is 12.6 Å². The highest BCUT2D eigenvalue weighted by atomic mass is 32.1. The van der Waals surface area contributed by atoms with Gasteiger partial charge in [-0.2, -0.15) is 13.2 Å². The summed E-state index contributed by atoms with van der Waals surface area (Å²) < 4.78 is 44.9. The Morgan fingerprint density at radius 3 is 2.57 bits per heavy atom. The van der Waals surface area contributed by atoms with E-state index in [0.717, 1.165) is 16.8 Å². The van der Waals surface area contributed by atoms with Gasteiger partial charge in [0.2, 0.25) is 11.8 Å². The molecule has 0 saturated heterocycles. The van der Waals surface area contributed by atoms with Gasteiger partial charge in [0, 0.05) is 11.6 Å². The maximum Gasteiger partial charge on any atom is 0.416 e. The second-order valence-electron chi connectivity index (χ2n) is 6.27. The van der Waals surface area contributed by atoms with Crippen molar-refractivity contribution in [1.29, 1.82) is 0 Å². The van der Waals surface area contributed by atoms with Crippen LogP contribution in [-0.4, -0.2) is 20.9 Å². The van der Waals surface area contributed by atoms with Crippen LogP contribution in [0.3, 0.4) is 0 Å². The van der Waals surface area contributed by atoms with Crippen LogP contribution in [0.15, 0.2) is 54.9 Å². The molecule has 1 amide bonds. The number of aromatic nitrogens is 3. The summed E-state index contributed by atoms with van der Waals surface area (Å²) >= 11 is 1.34. The van der Waals surface area contributed by atoms with Crippen molar-refractivity contribution in [3.05, 3.63) is 65.4 Å². The summed E-state index contributed by atoms with van der Waals surface area (Å²) in [5, 5.41) is 0.571. The van der Waals surface area contributed by atoms with E-state index >= 15 is 0 Å². The zero-order valence-corrected chi connectivity index (χ0v) is 16.0. The van der Waals surface area contributed by atoms with Gasteiger partial charge in [0.05, 0.1) is 22.4 Å². The Balaban J connectivity index is 1.62. The van der Waals surface area contributed by atoms with Gasteiger partial charge in [0.1, 0.15) is 16.9 Å². The minimum absolute atomic E-state index is 0.0321. The number of ether oxygens (including phenoxy) is 1. The molecule has 6 nitrogen and oxygen atoms in total. The van der Waals surface area contributed by atoms with E-state index in [-0.39, 0.29) is 12.3 Å². The first-order valence-electron chi connectivity index (χ1n) is 8.64. The van der Waals surface area contributed by atoms with Gasteiger partial charge < -0.3 is 10.5 Å². The van der Waals surface area contributed by atoms with Crippen LogP contribution in [0.25, 0.3) is 21.5 Å². The minimum atomic E-state index is -4.40. The van der Waals surface area contributed by atoms with Crippen LogP contribution in [0.1, 0.15) is 10.6 Å². The molecule has 10 heteroatoms. The number of hydrogen-bond acceptors (Lipinski definition) is 6. The van der Waals surface area contributed by atoms with Gasteiger partial charge in [-0.15, -0.1) is 11.3 Å². The molecule has 0 unspecified atom stereocenters. The lowest BCUT2D eigenvalue weighted by molar-refractivity contribution is -0.137. The molecular formula is C20H13F3N4O2S. The van der Waals surface area contributed by atoms with E-state index in [2.05, 4.69) is 15.0 Å². The number of primary amides is 1. The normalized spacial score (nSPS) is 11.6. The lowest BCUT2D eigenvalue weighted by Crippen LogP contribution is -2.13. The van der Waals surface area contributed by atoms with E-state index in [1.165, 1.54) is 35.9 Å². The molecule has 0 radical (unpaired) electrons. The zero-order chi connectivity index (χ0) is 21.3. The van der Waals surface area contributed by atoms with E-state index in [0.29, 0.717) is 27.5 Å². The predicted octanol–water partition coefficient (Wildman–Crippen LogP) is 4.59. The van der Waals surface area contributed by atoms with Crippen molar-refractivity contribution in [1.82, 2.24) is 15.0 Å². The maximum atomic E-state index is 12.8. The van der Waals surface area contributed by atoms with E-state index in [1.54, 1.807) is 12.1 Å². The predicted molar refractivity (Wildman–Crippen MR) is 105 cm³/mol. The Kier molecular flexibility index (Phi) is 5.08. The third-order valence-corrected chi connectivity index (χ3v) is 5.14. The number of alkyl halides is 3. The molecule has 0 fully saturated rings. The molecule has 2 heterocycles. The highest BCUT2D eigenvalue weighted by molar-refractivity contribution is 7.18. The highest BCUT2D eigenvalue weighted by Gasteiger charge is 2.30. The molecule has 0 bridgehead atoms. The molecule has 4 rings (SSSR count). The summed E-state index contributed by atoms with van der Waals surface area (Å²) in [6.07, 6.45) is -3.11. The van der Waals surface area contributed by atoms with Crippen molar-refractivity contribution in [3.63, 3.8) is 0 Å². The smallest absolute Gasteiger partial charge is 0.416 e. The summed E-state index contributed by atoms with van der Waals surface area (Å²) in [7, 11) is 0. The maximum absolute atomic E-state index is 12.8. The molecule has 2 N–H and O–H groups in total. The Labute approximate surface area is 172 Å². The van der Waals surface area contributed by atoms with Gasteiger partial charge in [0.25, 0.3) is 0 Å². The monoisotopic (exact) mass is 430 g/mol. The molecule has 152 valence electrons. The topological polar surface area (TPSA) is 91.0 Å². The molecule has 0 aliphatic rings. The van der Waals surface area contributed by atoms with Gasteiger partial charge in [-0.3, -0.25) is 4.79 Å². The van der Waals surface area contributed by atoms with Crippen LogP contribution >= 0.6 is 11.3 Å². The quantitative estimate of drug-likeness (QED) is 0.500. The standard InChI is InChI=1S/C20H13F3N4O2S/c21-20(22,23)12-6-4-11(5-7-12)13-8-17(26-10-25-13)29-14-2-1-3-15-19(14)27-18(30-15)9-16(24)28/h1-8,10H,9H2,(H2,24,28). The van der Waals surface area contributed by atoms with Crippen molar-refractivity contribution >= 4 is 27.5 Å². The van der Waals surface area contributed by atoms with Gasteiger partial charge in [0.15, 0.2) is 5.75 Å². The molecule has 2 aromatic carbocycles. The van der Waals surface area contributed by atoms with Gasteiger partial charge in [-0.05, 0) is 24.3 Å². The number of hydrogen-bond donors (Lipinski definition) is 1. The Hall–Kier alpha value is -3.53. The summed E-state index contributed by atoms with van der Waals surface area (Å²) in [6, 6.07) is 11.5. The second kappa shape index (κ2) is 7.71. The number of benzene rings is 2. The number of fused-ring (bicyclic) bond motifs is 1. The van der Waals surface area contributed by atoms with E-state index < -0.39 is 17.6 Å². The Bertz CT molecular complexity index is 1220. The van der Waals surface area contributed by atoms with Crippen molar-refractivity contribution < 1.29 is 22.7 Å². The molecule has 0 atom stereocenters. The lowest BCUT2D eigenvalue weighted by Gasteiger charge is -2.09. The van der Waals surface area contributed by atoms with Gasteiger partial charge in [-0.1, -0.05) is 18.2 Å². The fourth-order valence-electron chi connectivity index (χ4n) is 2.77. The number of para-hydroxylation sites is 1. The molecule has 0 aliphatic heterocycles. The lowest BCUT2D eigenvalue weighted by atomic mass is 10.1. The molecule has 30 heavy (non-hydrogen) atoms. The van der Waals surface area contributed by atoms with Crippen molar-refractivity contribution in [2.24, 2.45) is 5.73 Å². The van der Waals surface area contributed by atoms with Crippen LogP contribution in [-0.2, 0) is 17.4 Å². The van der Waals surface area contributed by atoms with Gasteiger partial charge >= 0.3 is 6.18 Å². The Morgan fingerprint density at radius 2 is 1.87 bits per heavy atom. The number of amides is 1. The number of carbonyl (C=O) groups excluding carboxylic acids is 1. The van der Waals surface area contributed by atoms with Crippen LogP contribution in [0.2, 0.25) is 0 Å². The number of nitrogens with zero attached hydrogens (tertiary/aromatic N) is 3. The van der Waals surface area contributed by atoms with Gasteiger partial charge in [-0.25, -0.2) is 15.0 Å². The molecule has 0 spiro atoms. The average Bonchev–Trinajstić information content (AvgIpc) is 3.10. The van der Waals surface area contributed by atoms with Crippen LogP contribution in [0.4, 0.5) is 13.2 Å². The Morgan fingerprint density at radius 1 is 1.10 bits per heavy atom. The molecule has 0 saturated carbocycles. The molecule has 2 aromatic heterocycles. The first-order chi connectivity index (χ1) is 14.3. The minimum Gasteiger partial charge on any atom is -0.437 e. The summed E-state index contributed by atoms with van der Waals surface area (Å²) in [6.45, 7) is 0. The number of nitrogens with two attached hydrogens (primary N) is 1. The van der Waals surface area contributed by atoms with E-state index in [1.807, 2.05) is 6.07 Å². The SMILES string of the molecule is NC(=O)Cc1nc2c(Oc3cc(-c4ccc(C(F)(F)F)cc4)ncn3)cccc2s1. The van der Waals surface area contributed by atoms with Crippen molar-refractivity contribution in [3.8, 4) is 22.9 Å².